The molecule has 100 valence electrons. The summed E-state index contributed by atoms with van der Waals surface area (Å²) in [5.74, 6) is 0.368. The fourth-order valence-electron chi connectivity index (χ4n) is 1.84. The van der Waals surface area contributed by atoms with Gasteiger partial charge in [-0.25, -0.2) is 0 Å². The van der Waals surface area contributed by atoms with E-state index in [1.54, 1.807) is 0 Å². The van der Waals surface area contributed by atoms with Crippen LogP contribution in [0, 0.1) is 5.92 Å². The molecule has 3 N–H and O–H groups in total. The molecule has 3 nitrogen and oxygen atoms in total. The lowest BCUT2D eigenvalue weighted by atomic mass is 9.95. The zero-order valence-electron chi connectivity index (χ0n) is 11.5. The number of nitrogens with two attached hydrogens (primary N) is 1. The predicted octanol–water partition coefficient (Wildman–Crippen LogP) is 2.28. The third kappa shape index (κ3) is 4.15. The molecule has 0 saturated heterocycles. The Balaban J connectivity index is 2.59. The fourth-order valence-corrected chi connectivity index (χ4v) is 1.84. The van der Waals surface area contributed by atoms with E-state index in [4.69, 9.17) is 5.73 Å². The van der Waals surface area contributed by atoms with Crippen molar-refractivity contribution in [2.45, 2.75) is 39.2 Å². The van der Waals surface area contributed by atoms with Gasteiger partial charge in [-0.3, -0.25) is 4.79 Å². The summed E-state index contributed by atoms with van der Waals surface area (Å²) in [5, 5.41) is 2.95. The molecule has 18 heavy (non-hydrogen) atoms. The summed E-state index contributed by atoms with van der Waals surface area (Å²) in [6.45, 7) is 6.69. The highest BCUT2D eigenvalue weighted by Crippen LogP contribution is 2.19. The second-order valence-electron chi connectivity index (χ2n) is 5.02. The van der Waals surface area contributed by atoms with Gasteiger partial charge >= 0.3 is 0 Å². The highest BCUT2D eigenvalue weighted by molar-refractivity contribution is 5.83. The molecule has 1 aromatic carbocycles. The quantitative estimate of drug-likeness (QED) is 0.811. The second-order valence-corrected chi connectivity index (χ2v) is 5.02. The lowest BCUT2D eigenvalue weighted by Crippen LogP contribution is -2.42. The molecule has 0 aliphatic heterocycles. The summed E-state index contributed by atoms with van der Waals surface area (Å²) in [7, 11) is 0. The smallest absolute Gasteiger partial charge is 0.227 e. The van der Waals surface area contributed by atoms with Gasteiger partial charge in [0.25, 0.3) is 0 Å². The van der Waals surface area contributed by atoms with Crippen molar-refractivity contribution in [3.63, 3.8) is 0 Å². The molecule has 1 rings (SSSR count). The first-order chi connectivity index (χ1) is 8.56. The van der Waals surface area contributed by atoms with Crippen LogP contribution in [-0.4, -0.2) is 18.5 Å². The first kappa shape index (κ1) is 14.7. The number of hydrogen-bond acceptors (Lipinski definition) is 2. The van der Waals surface area contributed by atoms with Crippen LogP contribution in [0.3, 0.4) is 0 Å². The van der Waals surface area contributed by atoms with Crippen molar-refractivity contribution < 1.29 is 4.79 Å². The standard InChI is InChI=1S/C15H24N2O/c1-4-13(12-8-6-5-7-9-12)15(18)17-10-14(16)11(2)3/h5-9,11,13-14H,4,10,16H2,1-3H3,(H,17,18). The van der Waals surface area contributed by atoms with Crippen LogP contribution in [0.2, 0.25) is 0 Å². The molecule has 0 saturated carbocycles. The number of hydrogen-bond donors (Lipinski definition) is 2. The monoisotopic (exact) mass is 248 g/mol. The normalized spacial score (nSPS) is 14.3. The summed E-state index contributed by atoms with van der Waals surface area (Å²) >= 11 is 0. The summed E-state index contributed by atoms with van der Waals surface area (Å²) in [5.41, 5.74) is 7.00. The third-order valence-electron chi connectivity index (χ3n) is 3.29. The molecular weight excluding hydrogens is 224 g/mol. The topological polar surface area (TPSA) is 55.1 Å². The molecule has 0 aromatic heterocycles. The van der Waals surface area contributed by atoms with E-state index in [1.165, 1.54) is 0 Å². The van der Waals surface area contributed by atoms with Gasteiger partial charge < -0.3 is 11.1 Å². The maximum atomic E-state index is 12.1. The Kier molecular flexibility index (Phi) is 5.86. The number of carbonyl (C=O) groups excluding carboxylic acids is 1. The van der Waals surface area contributed by atoms with Gasteiger partial charge in [-0.05, 0) is 17.9 Å². The number of amides is 1. The van der Waals surface area contributed by atoms with E-state index in [-0.39, 0.29) is 17.9 Å². The Morgan fingerprint density at radius 2 is 1.89 bits per heavy atom. The minimum atomic E-state index is -0.0782. The maximum Gasteiger partial charge on any atom is 0.227 e. The Hall–Kier alpha value is -1.35. The Labute approximate surface area is 110 Å². The molecule has 0 fully saturated rings. The van der Waals surface area contributed by atoms with E-state index in [1.807, 2.05) is 37.3 Å². The van der Waals surface area contributed by atoms with Crippen molar-refractivity contribution in [1.82, 2.24) is 5.32 Å². The van der Waals surface area contributed by atoms with E-state index in [2.05, 4.69) is 19.2 Å². The van der Waals surface area contributed by atoms with Crippen molar-refractivity contribution in [3.05, 3.63) is 35.9 Å². The van der Waals surface area contributed by atoms with Crippen molar-refractivity contribution in [2.75, 3.05) is 6.54 Å². The number of carbonyl (C=O) groups is 1. The van der Waals surface area contributed by atoms with Gasteiger partial charge in [-0.2, -0.15) is 0 Å². The van der Waals surface area contributed by atoms with Crippen LogP contribution in [0.25, 0.3) is 0 Å². The largest absolute Gasteiger partial charge is 0.354 e. The van der Waals surface area contributed by atoms with Crippen LogP contribution >= 0.6 is 0 Å². The van der Waals surface area contributed by atoms with Crippen LogP contribution in [0.1, 0.15) is 38.7 Å². The summed E-state index contributed by atoms with van der Waals surface area (Å²) < 4.78 is 0. The molecule has 3 heteroatoms. The predicted molar refractivity (Wildman–Crippen MR) is 75.3 cm³/mol. The molecule has 0 aliphatic carbocycles. The minimum Gasteiger partial charge on any atom is -0.354 e. The van der Waals surface area contributed by atoms with Gasteiger partial charge in [0.15, 0.2) is 0 Å². The van der Waals surface area contributed by atoms with E-state index < -0.39 is 0 Å². The van der Waals surface area contributed by atoms with Gasteiger partial charge in [0.2, 0.25) is 5.91 Å². The first-order valence-electron chi connectivity index (χ1n) is 6.64. The molecule has 0 heterocycles. The van der Waals surface area contributed by atoms with Crippen molar-refractivity contribution in [3.8, 4) is 0 Å². The zero-order valence-corrected chi connectivity index (χ0v) is 11.5. The van der Waals surface area contributed by atoms with Crippen LogP contribution in [-0.2, 0) is 4.79 Å². The molecule has 1 aromatic rings. The SMILES string of the molecule is CCC(C(=O)NCC(N)C(C)C)c1ccccc1. The number of rotatable bonds is 6. The van der Waals surface area contributed by atoms with E-state index >= 15 is 0 Å². The van der Waals surface area contributed by atoms with Gasteiger partial charge in [0, 0.05) is 12.6 Å². The summed E-state index contributed by atoms with van der Waals surface area (Å²) in [4.78, 5) is 12.1. The molecule has 0 radical (unpaired) electrons. The molecule has 0 aliphatic rings. The van der Waals surface area contributed by atoms with Gasteiger partial charge in [-0.15, -0.1) is 0 Å². The van der Waals surface area contributed by atoms with Gasteiger partial charge in [-0.1, -0.05) is 51.1 Å². The molecule has 2 atom stereocenters. The van der Waals surface area contributed by atoms with E-state index in [0.717, 1.165) is 12.0 Å². The molecule has 0 bridgehead atoms. The molecule has 0 spiro atoms. The van der Waals surface area contributed by atoms with Crippen molar-refractivity contribution in [2.24, 2.45) is 11.7 Å². The first-order valence-corrected chi connectivity index (χ1v) is 6.64. The van der Waals surface area contributed by atoms with Crippen LogP contribution in [0.15, 0.2) is 30.3 Å². The summed E-state index contributed by atoms with van der Waals surface area (Å²) in [6.07, 6.45) is 0.798. The lowest BCUT2D eigenvalue weighted by Gasteiger charge is -2.19. The number of nitrogens with one attached hydrogen (secondary N) is 1. The molecule has 1 amide bonds. The Bertz CT molecular complexity index is 362. The van der Waals surface area contributed by atoms with Gasteiger partial charge in [0.05, 0.1) is 5.92 Å². The zero-order chi connectivity index (χ0) is 13.5. The average Bonchev–Trinajstić information content (AvgIpc) is 2.38. The molecule has 2 unspecified atom stereocenters. The fraction of sp³-hybridized carbons (Fsp3) is 0.533. The van der Waals surface area contributed by atoms with Gasteiger partial charge in [0.1, 0.15) is 0 Å². The Morgan fingerprint density at radius 1 is 1.28 bits per heavy atom. The third-order valence-corrected chi connectivity index (χ3v) is 3.29. The second kappa shape index (κ2) is 7.17. The van der Waals surface area contributed by atoms with Crippen LogP contribution < -0.4 is 11.1 Å². The van der Waals surface area contributed by atoms with Crippen molar-refractivity contribution in [1.29, 1.82) is 0 Å². The van der Waals surface area contributed by atoms with Crippen molar-refractivity contribution >= 4 is 5.91 Å². The van der Waals surface area contributed by atoms with Crippen LogP contribution in [0.5, 0.6) is 0 Å². The number of benzene rings is 1. The highest BCUT2D eigenvalue weighted by Gasteiger charge is 2.19. The minimum absolute atomic E-state index is 0.0160. The maximum absolute atomic E-state index is 12.1. The average molecular weight is 248 g/mol. The van der Waals surface area contributed by atoms with Crippen LogP contribution in [0.4, 0.5) is 0 Å². The molecular formula is C15H24N2O. The van der Waals surface area contributed by atoms with E-state index in [9.17, 15) is 4.79 Å². The summed E-state index contributed by atoms with van der Waals surface area (Å²) in [6, 6.07) is 9.90. The Morgan fingerprint density at radius 3 is 2.39 bits per heavy atom. The lowest BCUT2D eigenvalue weighted by molar-refractivity contribution is -0.122. The van der Waals surface area contributed by atoms with E-state index in [0.29, 0.717) is 12.5 Å². The highest BCUT2D eigenvalue weighted by atomic mass is 16.1.